The number of aromatic nitrogens is 3. The maximum atomic E-state index is 13.6. The number of rotatable bonds is 5. The number of nitrogens with zero attached hydrogens (tertiary/aromatic N) is 3. The minimum atomic E-state index is -0.257. The van der Waals surface area contributed by atoms with Crippen molar-refractivity contribution in [3.8, 4) is 0 Å². The molecule has 4 aromatic rings. The summed E-state index contributed by atoms with van der Waals surface area (Å²) in [6.45, 7) is 3.59. The summed E-state index contributed by atoms with van der Waals surface area (Å²) in [4.78, 5) is 17.5. The molecular formula is C22H23FN4O2. The molecule has 5 rings (SSSR count). The SMILES string of the molecule is O=c1[nH]c2ccccc2n1CCCN1CCC(c2noc3ccc(F)cc23)CC1. The largest absolute Gasteiger partial charge is 0.356 e. The Labute approximate surface area is 166 Å². The van der Waals surface area contributed by atoms with Crippen LogP contribution in [0.1, 0.15) is 30.9 Å². The summed E-state index contributed by atoms with van der Waals surface area (Å²) < 4.78 is 20.8. The second kappa shape index (κ2) is 7.48. The zero-order valence-corrected chi connectivity index (χ0v) is 16.1. The molecule has 0 spiro atoms. The van der Waals surface area contributed by atoms with Crippen molar-refractivity contribution in [2.24, 2.45) is 0 Å². The number of benzene rings is 2. The van der Waals surface area contributed by atoms with Crippen molar-refractivity contribution in [1.29, 1.82) is 0 Å². The van der Waals surface area contributed by atoms with Gasteiger partial charge in [-0.15, -0.1) is 0 Å². The highest BCUT2D eigenvalue weighted by Gasteiger charge is 2.25. The molecule has 0 saturated carbocycles. The van der Waals surface area contributed by atoms with Crippen LogP contribution in [0.3, 0.4) is 0 Å². The van der Waals surface area contributed by atoms with Gasteiger partial charge in [0.2, 0.25) is 0 Å². The van der Waals surface area contributed by atoms with Gasteiger partial charge in [-0.2, -0.15) is 0 Å². The van der Waals surface area contributed by atoms with Gasteiger partial charge in [-0.1, -0.05) is 17.3 Å². The number of halogens is 1. The Bertz CT molecular complexity index is 1200. The quantitative estimate of drug-likeness (QED) is 0.558. The van der Waals surface area contributed by atoms with E-state index in [2.05, 4.69) is 15.0 Å². The van der Waals surface area contributed by atoms with E-state index in [1.807, 2.05) is 28.8 Å². The highest BCUT2D eigenvalue weighted by Crippen LogP contribution is 2.32. The number of piperidine rings is 1. The first-order chi connectivity index (χ1) is 14.2. The average Bonchev–Trinajstić information content (AvgIpc) is 3.29. The van der Waals surface area contributed by atoms with Crippen LogP contribution in [0.2, 0.25) is 0 Å². The number of H-pyrrole nitrogens is 1. The summed E-state index contributed by atoms with van der Waals surface area (Å²) in [6.07, 6.45) is 2.88. The van der Waals surface area contributed by atoms with E-state index < -0.39 is 0 Å². The molecule has 0 amide bonds. The van der Waals surface area contributed by atoms with Crippen molar-refractivity contribution < 1.29 is 8.91 Å². The number of aryl methyl sites for hydroxylation is 1. The van der Waals surface area contributed by atoms with Crippen LogP contribution < -0.4 is 5.69 Å². The van der Waals surface area contributed by atoms with Crippen LogP contribution in [0.5, 0.6) is 0 Å². The number of nitrogens with one attached hydrogen (secondary N) is 1. The summed E-state index contributed by atoms with van der Waals surface area (Å²) in [5, 5.41) is 5.01. The van der Waals surface area contributed by atoms with E-state index in [0.29, 0.717) is 18.0 Å². The molecule has 3 heterocycles. The number of aromatic amines is 1. The summed E-state index contributed by atoms with van der Waals surface area (Å²) >= 11 is 0. The third kappa shape index (κ3) is 3.46. The van der Waals surface area contributed by atoms with Gasteiger partial charge in [0.25, 0.3) is 0 Å². The first-order valence-corrected chi connectivity index (χ1v) is 10.1. The highest BCUT2D eigenvalue weighted by molar-refractivity contribution is 5.80. The number of hydrogen-bond donors (Lipinski definition) is 1. The van der Waals surface area contributed by atoms with Gasteiger partial charge in [-0.05, 0) is 69.2 Å². The van der Waals surface area contributed by atoms with Crippen LogP contribution in [-0.2, 0) is 6.54 Å². The van der Waals surface area contributed by atoms with Crippen LogP contribution in [0, 0.1) is 5.82 Å². The van der Waals surface area contributed by atoms with E-state index in [1.165, 1.54) is 12.1 Å². The van der Waals surface area contributed by atoms with Crippen LogP contribution in [0.4, 0.5) is 4.39 Å². The second-order valence-corrected chi connectivity index (χ2v) is 7.78. The molecule has 150 valence electrons. The molecule has 1 N–H and O–H groups in total. The minimum Gasteiger partial charge on any atom is -0.356 e. The average molecular weight is 394 g/mol. The lowest BCUT2D eigenvalue weighted by Crippen LogP contribution is -2.34. The van der Waals surface area contributed by atoms with Gasteiger partial charge >= 0.3 is 5.69 Å². The monoisotopic (exact) mass is 394 g/mol. The normalized spacial score (nSPS) is 16.2. The van der Waals surface area contributed by atoms with Gasteiger partial charge in [0.15, 0.2) is 5.58 Å². The third-order valence-corrected chi connectivity index (χ3v) is 5.97. The molecule has 0 aliphatic carbocycles. The van der Waals surface area contributed by atoms with E-state index in [1.54, 1.807) is 6.07 Å². The van der Waals surface area contributed by atoms with Gasteiger partial charge in [0, 0.05) is 17.8 Å². The predicted molar refractivity (Wildman–Crippen MR) is 110 cm³/mol. The molecule has 2 aromatic heterocycles. The van der Waals surface area contributed by atoms with Gasteiger partial charge in [0.1, 0.15) is 5.82 Å². The van der Waals surface area contributed by atoms with Crippen molar-refractivity contribution in [3.63, 3.8) is 0 Å². The van der Waals surface area contributed by atoms with E-state index >= 15 is 0 Å². The number of likely N-dealkylation sites (tertiary alicyclic amines) is 1. The molecular weight excluding hydrogens is 371 g/mol. The number of para-hydroxylation sites is 2. The maximum absolute atomic E-state index is 13.6. The summed E-state index contributed by atoms with van der Waals surface area (Å²) in [7, 11) is 0. The third-order valence-electron chi connectivity index (χ3n) is 5.97. The highest BCUT2D eigenvalue weighted by atomic mass is 19.1. The van der Waals surface area contributed by atoms with Crippen molar-refractivity contribution in [1.82, 2.24) is 19.6 Å². The van der Waals surface area contributed by atoms with Crippen molar-refractivity contribution in [2.75, 3.05) is 19.6 Å². The van der Waals surface area contributed by atoms with Crippen LogP contribution >= 0.6 is 0 Å². The fourth-order valence-electron chi connectivity index (χ4n) is 4.44. The Morgan fingerprint density at radius 1 is 1.14 bits per heavy atom. The summed E-state index contributed by atoms with van der Waals surface area (Å²) in [5.74, 6) is 0.0393. The molecule has 1 saturated heterocycles. The molecule has 1 aliphatic rings. The Hall–Kier alpha value is -2.93. The lowest BCUT2D eigenvalue weighted by Gasteiger charge is -2.31. The van der Waals surface area contributed by atoms with Crippen molar-refractivity contribution in [2.45, 2.75) is 31.7 Å². The molecule has 2 aromatic carbocycles. The molecule has 0 unspecified atom stereocenters. The van der Waals surface area contributed by atoms with Crippen LogP contribution in [-0.4, -0.2) is 39.2 Å². The summed E-state index contributed by atoms with van der Waals surface area (Å²) in [6, 6.07) is 12.4. The first kappa shape index (κ1) is 18.1. The number of imidazole rings is 1. The van der Waals surface area contributed by atoms with E-state index in [-0.39, 0.29) is 11.5 Å². The van der Waals surface area contributed by atoms with E-state index in [9.17, 15) is 9.18 Å². The minimum absolute atomic E-state index is 0.0462. The molecule has 0 radical (unpaired) electrons. The molecule has 29 heavy (non-hydrogen) atoms. The maximum Gasteiger partial charge on any atom is 0.326 e. The van der Waals surface area contributed by atoms with Crippen molar-refractivity contribution >= 4 is 22.0 Å². The number of fused-ring (bicyclic) bond motifs is 2. The van der Waals surface area contributed by atoms with E-state index in [0.717, 1.165) is 61.0 Å². The first-order valence-electron chi connectivity index (χ1n) is 10.1. The zero-order chi connectivity index (χ0) is 19.8. The molecule has 7 heteroatoms. The van der Waals surface area contributed by atoms with Gasteiger partial charge in [0.05, 0.1) is 16.7 Å². The van der Waals surface area contributed by atoms with Gasteiger partial charge in [-0.25, -0.2) is 9.18 Å². The van der Waals surface area contributed by atoms with Gasteiger partial charge < -0.3 is 14.4 Å². The zero-order valence-electron chi connectivity index (χ0n) is 16.1. The number of hydrogen-bond acceptors (Lipinski definition) is 4. The fourth-order valence-corrected chi connectivity index (χ4v) is 4.44. The fraction of sp³-hybridized carbons (Fsp3) is 0.364. The molecule has 0 bridgehead atoms. The lowest BCUT2D eigenvalue weighted by atomic mass is 9.91. The van der Waals surface area contributed by atoms with E-state index in [4.69, 9.17) is 4.52 Å². The second-order valence-electron chi connectivity index (χ2n) is 7.78. The summed E-state index contributed by atoms with van der Waals surface area (Å²) in [5.41, 5.74) is 3.32. The van der Waals surface area contributed by atoms with Crippen LogP contribution in [0.25, 0.3) is 22.0 Å². The predicted octanol–water partition coefficient (Wildman–Crippen LogP) is 3.88. The smallest absolute Gasteiger partial charge is 0.326 e. The molecule has 6 nitrogen and oxygen atoms in total. The molecule has 1 aliphatic heterocycles. The Morgan fingerprint density at radius 3 is 2.83 bits per heavy atom. The Balaban J connectivity index is 1.18. The van der Waals surface area contributed by atoms with Crippen LogP contribution in [0.15, 0.2) is 51.8 Å². The van der Waals surface area contributed by atoms with Gasteiger partial charge in [-0.3, -0.25) is 4.57 Å². The lowest BCUT2D eigenvalue weighted by molar-refractivity contribution is 0.204. The molecule has 0 atom stereocenters. The topological polar surface area (TPSA) is 67.1 Å². The Morgan fingerprint density at radius 2 is 1.97 bits per heavy atom. The van der Waals surface area contributed by atoms with Crippen molar-refractivity contribution in [3.05, 3.63) is 64.5 Å². The Kier molecular flexibility index (Phi) is 4.67. The standard InChI is InChI=1S/C22H23FN4O2/c23-16-6-7-20-17(14-16)21(25-29-20)15-8-12-26(13-9-15)10-3-11-27-19-5-2-1-4-18(19)24-22(27)28/h1-2,4-7,14-15H,3,8-13H2,(H,24,28). The molecule has 1 fully saturated rings.